The third-order valence-electron chi connectivity index (χ3n) is 6.71. The zero-order valence-corrected chi connectivity index (χ0v) is 18.1. The molecule has 3 aliphatic rings. The van der Waals surface area contributed by atoms with E-state index in [-0.39, 0.29) is 12.5 Å². The number of para-hydroxylation sites is 1. The van der Waals surface area contributed by atoms with Crippen molar-refractivity contribution >= 4 is 17.6 Å². The summed E-state index contributed by atoms with van der Waals surface area (Å²) >= 11 is 0. The van der Waals surface area contributed by atoms with Crippen molar-refractivity contribution in [3.63, 3.8) is 0 Å². The second kappa shape index (κ2) is 8.14. The summed E-state index contributed by atoms with van der Waals surface area (Å²) in [6.07, 6.45) is -0.801. The van der Waals surface area contributed by atoms with Gasteiger partial charge in [-0.25, -0.2) is 0 Å². The molecule has 0 aromatic heterocycles. The highest BCUT2D eigenvalue weighted by Crippen LogP contribution is 2.62. The summed E-state index contributed by atoms with van der Waals surface area (Å²) in [5.74, 6) is -3.98. The largest absolute Gasteiger partial charge is 0.481 e. The number of hydrogen-bond donors (Lipinski definition) is 3. The van der Waals surface area contributed by atoms with E-state index in [1.807, 2.05) is 66.7 Å². The number of carbonyl (C=O) groups is 2. The number of rotatable bonds is 6. The van der Waals surface area contributed by atoms with Crippen LogP contribution >= 0.6 is 0 Å². The monoisotopic (exact) mass is 443 g/mol. The number of carbonyl (C=O) groups excluding carboxylic acids is 1. The zero-order chi connectivity index (χ0) is 23.2. The van der Waals surface area contributed by atoms with E-state index < -0.39 is 35.4 Å². The number of nitrogens with one attached hydrogen (secondary N) is 1. The second-order valence-corrected chi connectivity index (χ2v) is 8.74. The molecule has 6 nitrogen and oxygen atoms in total. The number of hydrogen-bond acceptors (Lipinski definition) is 4. The molecule has 168 valence electrons. The molecule has 0 saturated heterocycles. The van der Waals surface area contributed by atoms with Gasteiger partial charge in [0.2, 0.25) is 5.91 Å². The summed E-state index contributed by atoms with van der Waals surface area (Å²) in [6, 6.07) is 24.2. The quantitative estimate of drug-likeness (QED) is 0.539. The molecule has 0 spiro atoms. The van der Waals surface area contributed by atoms with Crippen molar-refractivity contribution in [3.05, 3.63) is 101 Å². The van der Waals surface area contributed by atoms with Gasteiger partial charge in [0.25, 0.3) is 0 Å². The van der Waals surface area contributed by atoms with Gasteiger partial charge in [-0.3, -0.25) is 9.59 Å². The van der Waals surface area contributed by atoms with Crippen LogP contribution in [0.3, 0.4) is 0 Å². The molecular formula is C27H25NO5. The number of aliphatic hydroxyl groups is 1. The van der Waals surface area contributed by atoms with Crippen LogP contribution in [0.5, 0.6) is 0 Å². The molecule has 6 rings (SSSR count). The smallest absolute Gasteiger partial charge is 0.311 e. The minimum atomic E-state index is -1.40. The fourth-order valence-corrected chi connectivity index (χ4v) is 5.57. The molecule has 33 heavy (non-hydrogen) atoms. The first-order valence-corrected chi connectivity index (χ1v) is 11.0. The maximum Gasteiger partial charge on any atom is 0.311 e. The van der Waals surface area contributed by atoms with Gasteiger partial charge in [0.05, 0.1) is 18.6 Å². The average Bonchev–Trinajstić information content (AvgIpc) is 2.83. The van der Waals surface area contributed by atoms with Crippen LogP contribution in [0, 0.1) is 11.8 Å². The number of carboxylic acid groups (broad SMARTS) is 1. The van der Waals surface area contributed by atoms with E-state index in [0.717, 1.165) is 22.3 Å². The van der Waals surface area contributed by atoms with Crippen LogP contribution in [0.2, 0.25) is 0 Å². The van der Waals surface area contributed by atoms with Gasteiger partial charge < -0.3 is 20.3 Å². The average molecular weight is 443 g/mol. The van der Waals surface area contributed by atoms with Crippen molar-refractivity contribution in [2.45, 2.75) is 24.5 Å². The fourth-order valence-electron chi connectivity index (χ4n) is 5.57. The molecule has 3 atom stereocenters. The molecule has 0 aliphatic heterocycles. The number of aliphatic carboxylic acids is 1. The Morgan fingerprint density at radius 1 is 0.939 bits per heavy atom. The van der Waals surface area contributed by atoms with Crippen molar-refractivity contribution < 1.29 is 24.5 Å². The highest BCUT2D eigenvalue weighted by Gasteiger charge is 2.64. The molecule has 0 heterocycles. The predicted octanol–water partition coefficient (Wildman–Crippen LogP) is 3.74. The molecule has 3 aromatic carbocycles. The molecular weight excluding hydrogens is 418 g/mol. The summed E-state index contributed by atoms with van der Waals surface area (Å²) in [4.78, 5) is 26.6. The molecule has 3 N–H and O–H groups in total. The number of benzene rings is 3. The number of ether oxygens (including phenoxy) is 1. The van der Waals surface area contributed by atoms with Crippen LogP contribution in [0.25, 0.3) is 0 Å². The first-order valence-electron chi connectivity index (χ1n) is 11.0. The SMILES string of the molecule is CC(O)COC12c3ccccc3C(c3ccccc31)C(C(=O)Nc1ccccc1)C2C(=O)O. The van der Waals surface area contributed by atoms with Gasteiger partial charge >= 0.3 is 5.97 Å². The lowest BCUT2D eigenvalue weighted by atomic mass is 9.51. The Hall–Kier alpha value is -3.48. The number of amides is 1. The van der Waals surface area contributed by atoms with E-state index in [4.69, 9.17) is 4.74 Å². The van der Waals surface area contributed by atoms with E-state index in [0.29, 0.717) is 5.69 Å². The van der Waals surface area contributed by atoms with Crippen LogP contribution < -0.4 is 5.32 Å². The molecule has 2 bridgehead atoms. The van der Waals surface area contributed by atoms with E-state index in [1.165, 1.54) is 0 Å². The standard InChI is InChI=1S/C27H25NO5/c1-16(29)15-33-27-20-13-7-5-11-18(20)22(19-12-6-8-14-21(19)27)23(24(27)26(31)32)25(30)28-17-9-3-2-4-10-17/h2-14,16,22-24,29H,15H2,1H3,(H,28,30)(H,31,32). The Kier molecular flexibility index (Phi) is 5.27. The van der Waals surface area contributed by atoms with Crippen molar-refractivity contribution in [1.29, 1.82) is 0 Å². The number of anilines is 1. The van der Waals surface area contributed by atoms with Gasteiger partial charge in [-0.05, 0) is 41.3 Å². The molecule has 6 heteroatoms. The summed E-state index contributed by atoms with van der Waals surface area (Å²) < 4.78 is 6.37. The summed E-state index contributed by atoms with van der Waals surface area (Å²) in [5.41, 5.74) is 2.45. The maximum atomic E-state index is 13.7. The minimum absolute atomic E-state index is 0.0653. The van der Waals surface area contributed by atoms with E-state index in [2.05, 4.69) is 5.32 Å². The molecule has 3 aromatic rings. The lowest BCUT2D eigenvalue weighted by Crippen LogP contribution is -2.59. The van der Waals surface area contributed by atoms with Gasteiger partial charge in [-0.2, -0.15) is 0 Å². The number of carboxylic acids is 1. The number of aliphatic hydroxyl groups excluding tert-OH is 1. The topological polar surface area (TPSA) is 95.9 Å². The molecule has 0 saturated carbocycles. The number of fused-ring (bicyclic) bond motifs is 1. The Morgan fingerprint density at radius 2 is 1.48 bits per heavy atom. The Morgan fingerprint density at radius 3 is 2.03 bits per heavy atom. The third-order valence-corrected chi connectivity index (χ3v) is 6.71. The molecule has 3 aliphatic carbocycles. The summed E-state index contributed by atoms with van der Waals surface area (Å²) in [7, 11) is 0. The predicted molar refractivity (Wildman–Crippen MR) is 123 cm³/mol. The zero-order valence-electron chi connectivity index (χ0n) is 18.1. The second-order valence-electron chi connectivity index (χ2n) is 8.74. The van der Waals surface area contributed by atoms with E-state index in [1.54, 1.807) is 19.1 Å². The van der Waals surface area contributed by atoms with Gasteiger partial charge in [0.1, 0.15) is 11.5 Å². The van der Waals surface area contributed by atoms with Crippen molar-refractivity contribution in [2.24, 2.45) is 11.8 Å². The normalized spacial score (nSPS) is 25.6. The van der Waals surface area contributed by atoms with E-state index in [9.17, 15) is 19.8 Å². The Bertz CT molecular complexity index is 1160. The lowest BCUT2D eigenvalue weighted by Gasteiger charge is -2.55. The summed E-state index contributed by atoms with van der Waals surface area (Å²) in [5, 5.41) is 23.5. The van der Waals surface area contributed by atoms with Gasteiger partial charge in [-0.1, -0.05) is 66.7 Å². The Balaban J connectivity index is 1.74. The van der Waals surface area contributed by atoms with Crippen molar-refractivity contribution in [1.82, 2.24) is 0 Å². The molecule has 1 amide bonds. The first kappa shape index (κ1) is 21.4. The van der Waals surface area contributed by atoms with Crippen molar-refractivity contribution in [2.75, 3.05) is 11.9 Å². The Labute approximate surface area is 191 Å². The summed E-state index contributed by atoms with van der Waals surface area (Å²) in [6.45, 7) is 1.53. The van der Waals surface area contributed by atoms with Gasteiger partial charge in [0, 0.05) is 11.6 Å². The van der Waals surface area contributed by atoms with Gasteiger partial charge in [0.15, 0.2) is 0 Å². The van der Waals surface area contributed by atoms with E-state index >= 15 is 0 Å². The van der Waals surface area contributed by atoms with Gasteiger partial charge in [-0.15, -0.1) is 0 Å². The highest BCUT2D eigenvalue weighted by molar-refractivity contribution is 5.98. The fraction of sp³-hybridized carbons (Fsp3) is 0.259. The van der Waals surface area contributed by atoms with Crippen LogP contribution in [-0.4, -0.2) is 34.8 Å². The molecule has 3 unspecified atom stereocenters. The highest BCUT2D eigenvalue weighted by atomic mass is 16.5. The lowest BCUT2D eigenvalue weighted by molar-refractivity contribution is -0.172. The van der Waals surface area contributed by atoms with Crippen LogP contribution in [-0.2, 0) is 19.9 Å². The van der Waals surface area contributed by atoms with Crippen LogP contribution in [0.1, 0.15) is 35.1 Å². The van der Waals surface area contributed by atoms with Crippen LogP contribution in [0.15, 0.2) is 78.9 Å². The molecule has 0 radical (unpaired) electrons. The minimum Gasteiger partial charge on any atom is -0.481 e. The first-order chi connectivity index (χ1) is 15.9. The maximum absolute atomic E-state index is 13.7. The molecule has 0 fully saturated rings. The van der Waals surface area contributed by atoms with Crippen LogP contribution in [0.4, 0.5) is 5.69 Å². The van der Waals surface area contributed by atoms with Crippen molar-refractivity contribution in [3.8, 4) is 0 Å². The third kappa shape index (κ3) is 3.25.